The molecule has 0 atom stereocenters. The molecule has 114 valence electrons. The first kappa shape index (κ1) is 12.2. The summed E-state index contributed by atoms with van der Waals surface area (Å²) in [6, 6.07) is 0. The van der Waals surface area contributed by atoms with Gasteiger partial charge in [0.25, 0.3) is 0 Å². The molecule has 0 aromatic rings. The van der Waals surface area contributed by atoms with Gasteiger partial charge in [0.05, 0.1) is 0 Å². The van der Waals surface area contributed by atoms with Gasteiger partial charge in [-0.3, -0.25) is 0 Å². The summed E-state index contributed by atoms with van der Waals surface area (Å²) in [5, 5.41) is 0. The molecule has 0 amide bonds. The molecule has 8 aliphatic carbocycles. The summed E-state index contributed by atoms with van der Waals surface area (Å²) in [6.07, 6.45) is 20.4. The molecule has 0 aromatic heterocycles. The van der Waals surface area contributed by atoms with Gasteiger partial charge < -0.3 is 0 Å². The smallest absolute Gasteiger partial charge is 0.0107 e. The van der Waals surface area contributed by atoms with Crippen LogP contribution in [-0.2, 0) is 0 Å². The Morgan fingerprint density at radius 2 is 1.00 bits per heavy atom. The molecule has 0 unspecified atom stereocenters. The first-order valence-electron chi connectivity index (χ1n) is 9.97. The van der Waals surface area contributed by atoms with Gasteiger partial charge >= 0.3 is 0 Å². The van der Waals surface area contributed by atoms with Crippen LogP contribution in [0.4, 0.5) is 0 Å². The van der Waals surface area contributed by atoms with E-state index in [0.29, 0.717) is 5.41 Å². The van der Waals surface area contributed by atoms with Crippen LogP contribution in [0.2, 0.25) is 0 Å². The van der Waals surface area contributed by atoms with Crippen LogP contribution in [0.3, 0.4) is 0 Å². The van der Waals surface area contributed by atoms with Gasteiger partial charge in [0.1, 0.15) is 0 Å². The number of hydrogen-bond acceptors (Lipinski definition) is 0. The van der Waals surface area contributed by atoms with E-state index < -0.39 is 0 Å². The fourth-order valence-corrected chi connectivity index (χ4v) is 8.67. The van der Waals surface area contributed by atoms with Crippen molar-refractivity contribution in [2.75, 3.05) is 0 Å². The van der Waals surface area contributed by atoms with E-state index in [0.717, 1.165) is 41.4 Å². The lowest BCUT2D eigenvalue weighted by Crippen LogP contribution is -2.46. The van der Waals surface area contributed by atoms with E-state index in [1.54, 1.807) is 70.6 Å². The highest BCUT2D eigenvalue weighted by Gasteiger charge is 2.52. The van der Waals surface area contributed by atoms with Gasteiger partial charge in [0, 0.05) is 0 Å². The van der Waals surface area contributed by atoms with Crippen LogP contribution in [0.15, 0.2) is 11.6 Å². The molecule has 0 N–H and O–H groups in total. The third-order valence-electron chi connectivity index (χ3n) is 8.64. The highest BCUT2D eigenvalue weighted by Crippen LogP contribution is 2.63. The van der Waals surface area contributed by atoms with Crippen LogP contribution in [-0.4, -0.2) is 0 Å². The Morgan fingerprint density at radius 1 is 0.571 bits per heavy atom. The molecule has 0 spiro atoms. The fraction of sp³-hybridized carbons (Fsp3) is 0.905. The number of allylic oxidation sites excluding steroid dienone is 2. The van der Waals surface area contributed by atoms with Crippen LogP contribution >= 0.6 is 0 Å². The Hall–Kier alpha value is -0.260. The summed E-state index contributed by atoms with van der Waals surface area (Å²) in [4.78, 5) is 0. The lowest BCUT2D eigenvalue weighted by molar-refractivity contribution is -0.0266. The van der Waals surface area contributed by atoms with Crippen LogP contribution in [0.5, 0.6) is 0 Å². The molecule has 0 nitrogen and oxygen atoms in total. The molecule has 0 saturated heterocycles. The predicted octanol–water partition coefficient (Wildman–Crippen LogP) is 5.59. The normalized spacial score (nSPS) is 59.8. The van der Waals surface area contributed by atoms with Crippen LogP contribution in [0.25, 0.3) is 0 Å². The molecule has 0 aliphatic heterocycles. The van der Waals surface area contributed by atoms with Crippen LogP contribution < -0.4 is 0 Å². The van der Waals surface area contributed by atoms with Gasteiger partial charge in [-0.05, 0) is 117 Å². The van der Waals surface area contributed by atoms with Crippen LogP contribution in [0, 0.1) is 46.8 Å². The molecule has 0 aromatic carbocycles. The van der Waals surface area contributed by atoms with Crippen LogP contribution in [0.1, 0.15) is 70.6 Å². The number of rotatable bonds is 1. The van der Waals surface area contributed by atoms with Crippen molar-refractivity contribution in [2.45, 2.75) is 70.6 Å². The summed E-state index contributed by atoms with van der Waals surface area (Å²) in [5.41, 5.74) is 2.70. The van der Waals surface area contributed by atoms with Crippen molar-refractivity contribution in [2.24, 2.45) is 46.8 Å². The molecule has 0 heterocycles. The maximum atomic E-state index is 2.96. The van der Waals surface area contributed by atoms with Crippen molar-refractivity contribution in [3.05, 3.63) is 11.6 Å². The van der Waals surface area contributed by atoms with Crippen molar-refractivity contribution >= 4 is 0 Å². The minimum absolute atomic E-state index is 0.694. The predicted molar refractivity (Wildman–Crippen MR) is 85.7 cm³/mol. The van der Waals surface area contributed by atoms with Gasteiger partial charge in [0.2, 0.25) is 0 Å². The highest BCUT2D eigenvalue weighted by molar-refractivity contribution is 5.25. The van der Waals surface area contributed by atoms with E-state index in [-0.39, 0.29) is 0 Å². The van der Waals surface area contributed by atoms with Gasteiger partial charge in [0.15, 0.2) is 0 Å². The Labute approximate surface area is 129 Å². The van der Waals surface area contributed by atoms with E-state index in [1.807, 2.05) is 5.57 Å². The average Bonchev–Trinajstić information content (AvgIpc) is 2.40. The Morgan fingerprint density at radius 3 is 1.48 bits per heavy atom. The SMILES string of the molecule is C(=C1C2CC3CC(C2)CC1C3)C12CC3CC(CC(C3)C1)C2. The summed E-state index contributed by atoms with van der Waals surface area (Å²) in [7, 11) is 0. The molecular formula is C21H30. The Bertz CT molecular complexity index is 431. The van der Waals surface area contributed by atoms with E-state index in [4.69, 9.17) is 0 Å². The summed E-state index contributed by atoms with van der Waals surface area (Å²) < 4.78 is 0. The second-order valence-corrected chi connectivity index (χ2v) is 10.2. The zero-order chi connectivity index (χ0) is 13.6. The molecule has 8 rings (SSSR count). The average molecular weight is 282 g/mol. The van der Waals surface area contributed by atoms with Crippen molar-refractivity contribution in [3.8, 4) is 0 Å². The lowest BCUT2D eigenvalue weighted by Gasteiger charge is -2.58. The van der Waals surface area contributed by atoms with Crippen molar-refractivity contribution in [1.29, 1.82) is 0 Å². The van der Waals surface area contributed by atoms with Crippen molar-refractivity contribution in [3.63, 3.8) is 0 Å². The third kappa shape index (κ3) is 1.74. The zero-order valence-corrected chi connectivity index (χ0v) is 13.4. The van der Waals surface area contributed by atoms with Gasteiger partial charge in [-0.1, -0.05) is 11.6 Å². The second kappa shape index (κ2) is 3.98. The maximum absolute atomic E-state index is 2.96. The highest BCUT2D eigenvalue weighted by atomic mass is 14.6. The number of hydrogen-bond donors (Lipinski definition) is 0. The van der Waals surface area contributed by atoms with E-state index in [9.17, 15) is 0 Å². The minimum Gasteiger partial charge on any atom is -0.0785 e. The molecule has 8 saturated carbocycles. The van der Waals surface area contributed by atoms with Crippen molar-refractivity contribution < 1.29 is 0 Å². The van der Waals surface area contributed by atoms with Gasteiger partial charge in [-0.2, -0.15) is 0 Å². The molecular weight excluding hydrogens is 252 g/mol. The first-order valence-corrected chi connectivity index (χ1v) is 9.97. The molecule has 8 fully saturated rings. The van der Waals surface area contributed by atoms with E-state index >= 15 is 0 Å². The first-order chi connectivity index (χ1) is 10.2. The molecule has 0 radical (unpaired) electrons. The standard InChI is InChI=1S/C21H30/c1-13-5-18-7-14(1)8-19(6-13)20(18)12-21-9-15-2-16(10-21)4-17(3-15)11-21/h12-19H,1-11H2. The molecule has 21 heavy (non-hydrogen) atoms. The van der Waals surface area contributed by atoms with Gasteiger partial charge in [-0.15, -0.1) is 0 Å². The quantitative estimate of drug-likeness (QED) is 0.550. The summed E-state index contributed by atoms with van der Waals surface area (Å²) in [5.74, 6) is 7.67. The van der Waals surface area contributed by atoms with Crippen molar-refractivity contribution in [1.82, 2.24) is 0 Å². The topological polar surface area (TPSA) is 0 Å². The Kier molecular flexibility index (Phi) is 2.31. The molecule has 8 aliphatic rings. The second-order valence-electron chi connectivity index (χ2n) is 10.2. The largest absolute Gasteiger partial charge is 0.0785 e. The minimum atomic E-state index is 0.694. The monoisotopic (exact) mass is 282 g/mol. The fourth-order valence-electron chi connectivity index (χ4n) is 8.67. The lowest BCUT2D eigenvalue weighted by atomic mass is 9.47. The van der Waals surface area contributed by atoms with E-state index in [1.165, 1.54) is 0 Å². The summed E-state index contributed by atoms with van der Waals surface area (Å²) >= 11 is 0. The third-order valence-corrected chi connectivity index (χ3v) is 8.64. The molecule has 8 bridgehead atoms. The molecule has 0 heteroatoms. The van der Waals surface area contributed by atoms with E-state index in [2.05, 4.69) is 6.08 Å². The maximum Gasteiger partial charge on any atom is -0.0107 e. The van der Waals surface area contributed by atoms with Gasteiger partial charge in [-0.25, -0.2) is 0 Å². The zero-order valence-electron chi connectivity index (χ0n) is 13.4. The Balaban J connectivity index is 1.36. The summed E-state index contributed by atoms with van der Waals surface area (Å²) in [6.45, 7) is 0.